The number of halogens is 3. The second kappa shape index (κ2) is 5.68. The Morgan fingerprint density at radius 3 is 2.70 bits per heavy atom. The standard InChI is InChI=1S/C15H11ClF2N4O/c1-7(19)14-21-13-11(18)3-2-10(16)12(13)15(23)22(14)9-4-8(17)5-20-6-9/h2-7H,19H2,1H3. The molecule has 0 amide bonds. The molecule has 1 aromatic carbocycles. The van der Waals surface area contributed by atoms with Crippen LogP contribution in [0.3, 0.4) is 0 Å². The van der Waals surface area contributed by atoms with Crippen molar-refractivity contribution in [1.82, 2.24) is 14.5 Å². The quantitative estimate of drug-likeness (QED) is 0.781. The first kappa shape index (κ1) is 15.5. The molecular weight excluding hydrogens is 326 g/mol. The van der Waals surface area contributed by atoms with Gasteiger partial charge in [-0.3, -0.25) is 14.3 Å². The average Bonchev–Trinajstić information content (AvgIpc) is 2.50. The van der Waals surface area contributed by atoms with Gasteiger partial charge in [0.2, 0.25) is 0 Å². The Morgan fingerprint density at radius 2 is 2.04 bits per heavy atom. The Morgan fingerprint density at radius 1 is 1.30 bits per heavy atom. The molecule has 0 aliphatic carbocycles. The SMILES string of the molecule is CC(N)c1nc2c(F)ccc(Cl)c2c(=O)n1-c1cncc(F)c1. The van der Waals surface area contributed by atoms with Crippen LogP contribution in [0.1, 0.15) is 18.8 Å². The molecular formula is C15H11ClF2N4O. The summed E-state index contributed by atoms with van der Waals surface area (Å²) in [6, 6.07) is 2.80. The summed E-state index contributed by atoms with van der Waals surface area (Å²) >= 11 is 6.02. The van der Waals surface area contributed by atoms with Crippen molar-refractivity contribution in [2.45, 2.75) is 13.0 Å². The van der Waals surface area contributed by atoms with E-state index in [1.54, 1.807) is 6.92 Å². The summed E-state index contributed by atoms with van der Waals surface area (Å²) < 4.78 is 28.6. The summed E-state index contributed by atoms with van der Waals surface area (Å²) in [6.45, 7) is 1.58. The first-order valence-electron chi connectivity index (χ1n) is 6.67. The topological polar surface area (TPSA) is 73.8 Å². The van der Waals surface area contributed by atoms with E-state index in [1.807, 2.05) is 0 Å². The minimum Gasteiger partial charge on any atom is -0.322 e. The van der Waals surface area contributed by atoms with Gasteiger partial charge >= 0.3 is 0 Å². The number of aromatic nitrogens is 3. The lowest BCUT2D eigenvalue weighted by Crippen LogP contribution is -2.28. The fraction of sp³-hybridized carbons (Fsp3) is 0.133. The van der Waals surface area contributed by atoms with E-state index in [0.717, 1.165) is 22.9 Å². The number of rotatable bonds is 2. The molecule has 1 unspecified atom stereocenters. The number of hydrogen-bond donors (Lipinski definition) is 1. The summed E-state index contributed by atoms with van der Waals surface area (Å²) in [4.78, 5) is 20.6. The number of pyridine rings is 1. The lowest BCUT2D eigenvalue weighted by molar-refractivity contribution is 0.615. The van der Waals surface area contributed by atoms with E-state index in [0.29, 0.717) is 0 Å². The fourth-order valence-electron chi connectivity index (χ4n) is 2.31. The predicted octanol–water partition coefficient (Wildman–Crippen LogP) is 2.73. The van der Waals surface area contributed by atoms with Gasteiger partial charge in [0.15, 0.2) is 0 Å². The molecule has 2 N–H and O–H groups in total. The van der Waals surface area contributed by atoms with E-state index < -0.39 is 23.2 Å². The van der Waals surface area contributed by atoms with Crippen molar-refractivity contribution in [3.8, 4) is 5.69 Å². The maximum atomic E-state index is 14.0. The van der Waals surface area contributed by atoms with Crippen LogP contribution in [0.15, 0.2) is 35.4 Å². The Labute approximate surface area is 134 Å². The van der Waals surface area contributed by atoms with Crippen molar-refractivity contribution in [3.63, 3.8) is 0 Å². The van der Waals surface area contributed by atoms with Gasteiger partial charge in [0.1, 0.15) is 23.0 Å². The molecule has 0 aliphatic heterocycles. The van der Waals surface area contributed by atoms with Crippen LogP contribution in [0, 0.1) is 11.6 Å². The smallest absolute Gasteiger partial charge is 0.267 e. The van der Waals surface area contributed by atoms with E-state index in [2.05, 4.69) is 9.97 Å². The molecule has 3 rings (SSSR count). The van der Waals surface area contributed by atoms with Gasteiger partial charge in [-0.15, -0.1) is 0 Å². The van der Waals surface area contributed by atoms with Gasteiger partial charge in [-0.25, -0.2) is 13.8 Å². The second-order valence-corrected chi connectivity index (χ2v) is 5.42. The van der Waals surface area contributed by atoms with Crippen LogP contribution < -0.4 is 11.3 Å². The Hall–Kier alpha value is -2.38. The minimum absolute atomic E-state index is 0.0493. The molecule has 3 aromatic rings. The van der Waals surface area contributed by atoms with E-state index in [9.17, 15) is 13.6 Å². The molecule has 0 aliphatic rings. The summed E-state index contributed by atoms with van der Waals surface area (Å²) in [7, 11) is 0. The molecule has 23 heavy (non-hydrogen) atoms. The molecule has 8 heteroatoms. The van der Waals surface area contributed by atoms with Crippen LogP contribution in [-0.4, -0.2) is 14.5 Å². The number of nitrogens with zero attached hydrogens (tertiary/aromatic N) is 3. The van der Waals surface area contributed by atoms with Crippen LogP contribution in [0.5, 0.6) is 0 Å². The Balaban J connectivity index is 2.50. The maximum absolute atomic E-state index is 14.0. The number of hydrogen-bond acceptors (Lipinski definition) is 4. The summed E-state index contributed by atoms with van der Waals surface area (Å²) in [5, 5.41) is -0.0476. The maximum Gasteiger partial charge on any atom is 0.267 e. The number of fused-ring (bicyclic) bond motifs is 1. The Bertz CT molecular complexity index is 972. The summed E-state index contributed by atoms with van der Waals surface area (Å²) in [5.74, 6) is -1.24. The average molecular weight is 337 g/mol. The third-order valence-corrected chi connectivity index (χ3v) is 3.62. The first-order chi connectivity index (χ1) is 10.9. The van der Waals surface area contributed by atoms with Crippen LogP contribution in [0.25, 0.3) is 16.6 Å². The van der Waals surface area contributed by atoms with E-state index in [4.69, 9.17) is 17.3 Å². The van der Waals surface area contributed by atoms with Gasteiger partial charge in [-0.05, 0) is 19.1 Å². The largest absolute Gasteiger partial charge is 0.322 e. The van der Waals surface area contributed by atoms with Gasteiger partial charge < -0.3 is 5.73 Å². The highest BCUT2D eigenvalue weighted by Crippen LogP contribution is 2.24. The van der Waals surface area contributed by atoms with Crippen molar-refractivity contribution in [2.75, 3.05) is 0 Å². The van der Waals surface area contributed by atoms with Crippen molar-refractivity contribution in [3.05, 3.63) is 63.4 Å². The monoisotopic (exact) mass is 336 g/mol. The molecule has 0 spiro atoms. The van der Waals surface area contributed by atoms with Crippen LogP contribution in [0.4, 0.5) is 8.78 Å². The molecule has 0 radical (unpaired) electrons. The zero-order valence-corrected chi connectivity index (χ0v) is 12.7. The van der Waals surface area contributed by atoms with Crippen molar-refractivity contribution in [2.24, 2.45) is 5.73 Å². The molecule has 5 nitrogen and oxygen atoms in total. The van der Waals surface area contributed by atoms with Crippen LogP contribution in [0.2, 0.25) is 5.02 Å². The van der Waals surface area contributed by atoms with Gasteiger partial charge in [0, 0.05) is 6.07 Å². The number of benzene rings is 1. The molecule has 2 aromatic heterocycles. The third-order valence-electron chi connectivity index (χ3n) is 3.31. The Kier molecular flexibility index (Phi) is 3.83. The summed E-state index contributed by atoms with van der Waals surface area (Å²) in [6.07, 6.45) is 2.29. The van der Waals surface area contributed by atoms with E-state index in [1.165, 1.54) is 12.3 Å². The lowest BCUT2D eigenvalue weighted by Gasteiger charge is -2.16. The summed E-state index contributed by atoms with van der Waals surface area (Å²) in [5.41, 5.74) is 5.17. The molecule has 0 saturated heterocycles. The fourth-order valence-corrected chi connectivity index (χ4v) is 2.55. The van der Waals surface area contributed by atoms with E-state index >= 15 is 0 Å². The molecule has 118 valence electrons. The van der Waals surface area contributed by atoms with Crippen molar-refractivity contribution < 1.29 is 8.78 Å². The predicted molar refractivity (Wildman–Crippen MR) is 82.7 cm³/mol. The van der Waals surface area contributed by atoms with Gasteiger partial charge in [-0.1, -0.05) is 11.6 Å². The van der Waals surface area contributed by atoms with Gasteiger partial charge in [0.05, 0.1) is 34.5 Å². The molecule has 2 heterocycles. The van der Waals surface area contributed by atoms with Crippen LogP contribution in [-0.2, 0) is 0 Å². The number of nitrogens with two attached hydrogens (primary N) is 1. The normalized spacial score (nSPS) is 12.6. The lowest BCUT2D eigenvalue weighted by atomic mass is 10.2. The first-order valence-corrected chi connectivity index (χ1v) is 7.05. The van der Waals surface area contributed by atoms with E-state index in [-0.39, 0.29) is 27.4 Å². The van der Waals surface area contributed by atoms with Gasteiger partial charge in [-0.2, -0.15) is 0 Å². The second-order valence-electron chi connectivity index (χ2n) is 5.01. The molecule has 0 bridgehead atoms. The minimum atomic E-state index is -0.700. The zero-order valence-electron chi connectivity index (χ0n) is 11.9. The highest BCUT2D eigenvalue weighted by atomic mass is 35.5. The molecule has 1 atom stereocenters. The highest BCUT2D eigenvalue weighted by molar-refractivity contribution is 6.35. The zero-order chi connectivity index (χ0) is 16.7. The highest BCUT2D eigenvalue weighted by Gasteiger charge is 2.19. The third kappa shape index (κ3) is 2.58. The molecule has 0 fully saturated rings. The van der Waals surface area contributed by atoms with Crippen molar-refractivity contribution >= 4 is 22.5 Å². The van der Waals surface area contributed by atoms with Gasteiger partial charge in [0.25, 0.3) is 5.56 Å². The van der Waals surface area contributed by atoms with Crippen molar-refractivity contribution in [1.29, 1.82) is 0 Å². The molecule has 0 saturated carbocycles. The van der Waals surface area contributed by atoms with Crippen LogP contribution >= 0.6 is 11.6 Å².